The highest BCUT2D eigenvalue weighted by atomic mass is 32.2. The molecule has 1 rings (SSSR count). The molecule has 0 atom stereocenters. The maximum absolute atomic E-state index is 11.6. The highest BCUT2D eigenvalue weighted by molar-refractivity contribution is 7.86. The first-order chi connectivity index (χ1) is 8.85. The van der Waals surface area contributed by atoms with Crippen LogP contribution in [0, 0.1) is 0 Å². The number of esters is 2. The van der Waals surface area contributed by atoms with E-state index in [0.717, 1.165) is 33.5 Å². The predicted octanol–water partition coefficient (Wildman–Crippen LogP) is 0.595. The van der Waals surface area contributed by atoms with Gasteiger partial charge in [-0.15, -0.1) is 0 Å². The van der Waals surface area contributed by atoms with Gasteiger partial charge in [0.05, 0.1) is 37.4 Å². The minimum Gasteiger partial charge on any atom is -0.465 e. The molecular weight excluding hydrogens is 276 g/mol. The fourth-order valence-corrected chi connectivity index (χ4v) is 2.05. The molecule has 0 spiro atoms. The molecule has 0 heterocycles. The van der Waals surface area contributed by atoms with Gasteiger partial charge < -0.3 is 9.47 Å². The summed E-state index contributed by atoms with van der Waals surface area (Å²) in [4.78, 5) is 22.5. The lowest BCUT2D eigenvalue weighted by Gasteiger charge is -2.07. The normalized spacial score (nSPS) is 10.9. The van der Waals surface area contributed by atoms with Gasteiger partial charge in [-0.2, -0.15) is 8.42 Å². The molecule has 7 nitrogen and oxygen atoms in total. The van der Waals surface area contributed by atoms with Crippen LogP contribution in [0.2, 0.25) is 0 Å². The second-order valence-corrected chi connectivity index (χ2v) is 5.06. The molecule has 0 N–H and O–H groups in total. The molecule has 1 aromatic rings. The molecular formula is C11H12O7S. The zero-order valence-corrected chi connectivity index (χ0v) is 11.3. The molecule has 104 valence electrons. The van der Waals surface area contributed by atoms with Crippen LogP contribution in [0.25, 0.3) is 0 Å². The van der Waals surface area contributed by atoms with Crippen LogP contribution in [0.5, 0.6) is 0 Å². The van der Waals surface area contributed by atoms with Crippen molar-refractivity contribution in [1.82, 2.24) is 0 Å². The van der Waals surface area contributed by atoms with E-state index in [1.807, 2.05) is 0 Å². The third-order valence-corrected chi connectivity index (χ3v) is 3.51. The van der Waals surface area contributed by atoms with Crippen molar-refractivity contribution in [2.75, 3.05) is 21.3 Å². The number of benzene rings is 1. The predicted molar refractivity (Wildman–Crippen MR) is 63.3 cm³/mol. The van der Waals surface area contributed by atoms with Gasteiger partial charge in [-0.05, 0) is 18.2 Å². The summed E-state index contributed by atoms with van der Waals surface area (Å²) < 4.78 is 36.5. The van der Waals surface area contributed by atoms with Crippen molar-refractivity contribution in [3.8, 4) is 0 Å². The number of carbonyl (C=O) groups is 2. The molecule has 1 aromatic carbocycles. The minimum absolute atomic E-state index is 0.0963. The smallest absolute Gasteiger partial charge is 0.337 e. The zero-order valence-electron chi connectivity index (χ0n) is 10.5. The highest BCUT2D eigenvalue weighted by Crippen LogP contribution is 2.18. The highest BCUT2D eigenvalue weighted by Gasteiger charge is 2.20. The third kappa shape index (κ3) is 3.30. The largest absolute Gasteiger partial charge is 0.465 e. The lowest BCUT2D eigenvalue weighted by molar-refractivity contribution is 0.0598. The van der Waals surface area contributed by atoms with Gasteiger partial charge in [-0.3, -0.25) is 4.18 Å². The van der Waals surface area contributed by atoms with E-state index in [2.05, 4.69) is 13.7 Å². The van der Waals surface area contributed by atoms with E-state index in [4.69, 9.17) is 0 Å². The Morgan fingerprint density at radius 3 is 1.63 bits per heavy atom. The maximum atomic E-state index is 11.6. The summed E-state index contributed by atoms with van der Waals surface area (Å²) in [5, 5.41) is 0. The van der Waals surface area contributed by atoms with Crippen molar-refractivity contribution in [3.05, 3.63) is 29.3 Å². The molecule has 0 aliphatic rings. The number of hydrogen-bond acceptors (Lipinski definition) is 7. The van der Waals surface area contributed by atoms with E-state index < -0.39 is 22.1 Å². The molecule has 0 bridgehead atoms. The third-order valence-electron chi connectivity index (χ3n) is 2.26. The Balaban J connectivity index is 3.49. The lowest BCUT2D eigenvalue weighted by Crippen LogP contribution is -2.11. The van der Waals surface area contributed by atoms with Crippen LogP contribution in [0.15, 0.2) is 23.1 Å². The van der Waals surface area contributed by atoms with Crippen LogP contribution in [0.1, 0.15) is 20.7 Å². The van der Waals surface area contributed by atoms with Gasteiger partial charge in [-0.1, -0.05) is 0 Å². The molecule has 0 saturated carbocycles. The molecule has 19 heavy (non-hydrogen) atoms. The van der Waals surface area contributed by atoms with Gasteiger partial charge in [0.15, 0.2) is 0 Å². The molecule has 0 saturated heterocycles. The minimum atomic E-state index is -4.04. The molecule has 0 aliphatic carbocycles. The molecule has 0 aliphatic heterocycles. The van der Waals surface area contributed by atoms with E-state index in [1.165, 1.54) is 6.07 Å². The number of methoxy groups -OCH3 is 2. The van der Waals surface area contributed by atoms with Crippen molar-refractivity contribution < 1.29 is 31.7 Å². The second-order valence-electron chi connectivity index (χ2n) is 3.35. The zero-order chi connectivity index (χ0) is 14.6. The summed E-state index contributed by atoms with van der Waals surface area (Å²) in [6.07, 6.45) is 0. The lowest BCUT2D eigenvalue weighted by atomic mass is 10.1. The summed E-state index contributed by atoms with van der Waals surface area (Å²) in [6.45, 7) is 0. The Labute approximate surface area is 110 Å². The molecule has 0 aromatic heterocycles. The van der Waals surface area contributed by atoms with Gasteiger partial charge in [0, 0.05) is 0 Å². The van der Waals surface area contributed by atoms with Crippen LogP contribution in [-0.2, 0) is 23.8 Å². The number of rotatable bonds is 4. The van der Waals surface area contributed by atoms with E-state index in [0.29, 0.717) is 0 Å². The average molecular weight is 288 g/mol. The number of carbonyl (C=O) groups excluding carboxylic acids is 2. The first-order valence-corrected chi connectivity index (χ1v) is 6.39. The maximum Gasteiger partial charge on any atom is 0.337 e. The van der Waals surface area contributed by atoms with Crippen molar-refractivity contribution in [2.45, 2.75) is 4.90 Å². The Hall–Kier alpha value is -1.93. The molecule has 0 unspecified atom stereocenters. The first kappa shape index (κ1) is 15.1. The van der Waals surface area contributed by atoms with Gasteiger partial charge in [0.1, 0.15) is 0 Å². The Bertz CT molecular complexity index is 569. The van der Waals surface area contributed by atoms with Crippen molar-refractivity contribution in [1.29, 1.82) is 0 Å². The van der Waals surface area contributed by atoms with Crippen molar-refractivity contribution >= 4 is 22.1 Å². The molecule has 8 heteroatoms. The fraction of sp³-hybridized carbons (Fsp3) is 0.273. The van der Waals surface area contributed by atoms with E-state index in [-0.39, 0.29) is 16.0 Å². The van der Waals surface area contributed by atoms with E-state index in [9.17, 15) is 18.0 Å². The van der Waals surface area contributed by atoms with Crippen LogP contribution in [0.4, 0.5) is 0 Å². The topological polar surface area (TPSA) is 96.0 Å². The molecule has 0 fully saturated rings. The summed E-state index contributed by atoms with van der Waals surface area (Å²) in [5.74, 6) is -1.56. The van der Waals surface area contributed by atoms with E-state index in [1.54, 1.807) is 0 Å². The van der Waals surface area contributed by atoms with Crippen molar-refractivity contribution in [2.24, 2.45) is 0 Å². The van der Waals surface area contributed by atoms with Gasteiger partial charge >= 0.3 is 11.9 Å². The van der Waals surface area contributed by atoms with E-state index >= 15 is 0 Å². The van der Waals surface area contributed by atoms with Gasteiger partial charge in [-0.25, -0.2) is 9.59 Å². The van der Waals surface area contributed by atoms with Crippen LogP contribution >= 0.6 is 0 Å². The van der Waals surface area contributed by atoms with Crippen molar-refractivity contribution in [3.63, 3.8) is 0 Å². The van der Waals surface area contributed by atoms with Gasteiger partial charge in [0.25, 0.3) is 10.1 Å². The number of ether oxygens (including phenoxy) is 2. The van der Waals surface area contributed by atoms with Gasteiger partial charge in [0.2, 0.25) is 0 Å². The monoisotopic (exact) mass is 288 g/mol. The molecule has 0 radical (unpaired) electrons. The standard InChI is InChI=1S/C11H12O7S/c1-16-10(12)7-4-8(11(13)17-2)6-9(5-7)19(14,15)18-3/h4-6H,1-3H3. The summed E-state index contributed by atoms with van der Waals surface area (Å²) in [7, 11) is -0.799. The second kappa shape index (κ2) is 5.81. The first-order valence-electron chi connectivity index (χ1n) is 4.98. The summed E-state index contributed by atoms with van der Waals surface area (Å²) in [5.41, 5.74) is -0.193. The SMILES string of the molecule is COC(=O)c1cc(C(=O)OC)cc(S(=O)(=O)OC)c1. The molecule has 0 amide bonds. The Morgan fingerprint density at radius 2 is 1.32 bits per heavy atom. The Kier molecular flexibility index (Phi) is 4.62. The summed E-state index contributed by atoms with van der Waals surface area (Å²) in [6, 6.07) is 3.28. The van der Waals surface area contributed by atoms with Crippen LogP contribution < -0.4 is 0 Å². The van der Waals surface area contributed by atoms with Crippen LogP contribution in [-0.4, -0.2) is 41.7 Å². The fourth-order valence-electron chi connectivity index (χ4n) is 1.31. The average Bonchev–Trinajstić information content (AvgIpc) is 2.44. The Morgan fingerprint density at radius 1 is 0.895 bits per heavy atom. The number of hydrogen-bond donors (Lipinski definition) is 0. The summed E-state index contributed by atoms with van der Waals surface area (Å²) >= 11 is 0. The van der Waals surface area contributed by atoms with Crippen LogP contribution in [0.3, 0.4) is 0 Å². The quantitative estimate of drug-likeness (QED) is 0.591.